The summed E-state index contributed by atoms with van der Waals surface area (Å²) in [5.41, 5.74) is 0.641. The number of benzene rings is 2. The lowest BCUT2D eigenvalue weighted by Crippen LogP contribution is -2.27. The first-order valence-corrected chi connectivity index (χ1v) is 11.2. The standard InChI is InChI=1S/C21H19Cl2NO6S/c1-14(25)24(13-16-4-3-9-29-16)12-15-5-8-20(28-2)21(10-15)30-31(26,27)17-6-7-18(22)19(23)11-17/h3-11H,12-13H2,1-2H3. The molecule has 0 fully saturated rings. The van der Waals surface area contributed by atoms with Gasteiger partial charge in [0, 0.05) is 13.5 Å². The van der Waals surface area contributed by atoms with Crippen LogP contribution >= 0.6 is 23.2 Å². The van der Waals surface area contributed by atoms with Gasteiger partial charge in [0.1, 0.15) is 10.7 Å². The van der Waals surface area contributed by atoms with Crippen molar-refractivity contribution < 1.29 is 26.5 Å². The number of carbonyl (C=O) groups is 1. The summed E-state index contributed by atoms with van der Waals surface area (Å²) in [6.07, 6.45) is 1.53. The van der Waals surface area contributed by atoms with E-state index in [0.29, 0.717) is 11.3 Å². The van der Waals surface area contributed by atoms with E-state index < -0.39 is 10.1 Å². The van der Waals surface area contributed by atoms with Gasteiger partial charge in [0.2, 0.25) is 5.91 Å². The Morgan fingerprint density at radius 1 is 1.03 bits per heavy atom. The second kappa shape index (κ2) is 9.64. The maximum Gasteiger partial charge on any atom is 0.339 e. The number of amides is 1. The number of carbonyl (C=O) groups excluding carboxylic acids is 1. The normalized spacial score (nSPS) is 11.2. The molecule has 0 aliphatic rings. The summed E-state index contributed by atoms with van der Waals surface area (Å²) in [7, 11) is -2.81. The van der Waals surface area contributed by atoms with Crippen LogP contribution in [-0.4, -0.2) is 26.3 Å². The minimum Gasteiger partial charge on any atom is -0.493 e. The van der Waals surface area contributed by atoms with Crippen LogP contribution in [0, 0.1) is 0 Å². The van der Waals surface area contributed by atoms with Gasteiger partial charge < -0.3 is 18.2 Å². The maximum atomic E-state index is 12.7. The SMILES string of the molecule is COc1ccc(CN(Cc2ccco2)C(C)=O)cc1OS(=O)(=O)c1ccc(Cl)c(Cl)c1. The Balaban J connectivity index is 1.87. The van der Waals surface area contributed by atoms with Gasteiger partial charge >= 0.3 is 10.1 Å². The summed E-state index contributed by atoms with van der Waals surface area (Å²) >= 11 is 11.8. The Bertz CT molecular complexity index is 1180. The highest BCUT2D eigenvalue weighted by atomic mass is 35.5. The number of furan rings is 1. The van der Waals surface area contributed by atoms with Crippen LogP contribution in [0.5, 0.6) is 11.5 Å². The lowest BCUT2D eigenvalue weighted by molar-refractivity contribution is -0.130. The summed E-state index contributed by atoms with van der Waals surface area (Å²) in [4.78, 5) is 13.5. The molecule has 164 valence electrons. The summed E-state index contributed by atoms with van der Waals surface area (Å²) < 4.78 is 41.3. The van der Waals surface area contributed by atoms with Crippen molar-refractivity contribution in [3.05, 3.63) is 76.2 Å². The van der Waals surface area contributed by atoms with Gasteiger partial charge in [-0.05, 0) is 48.0 Å². The predicted molar refractivity (Wildman–Crippen MR) is 116 cm³/mol. The molecule has 3 rings (SSSR count). The number of hydrogen-bond acceptors (Lipinski definition) is 6. The Labute approximate surface area is 190 Å². The fourth-order valence-corrected chi connectivity index (χ4v) is 4.10. The van der Waals surface area contributed by atoms with Gasteiger partial charge in [-0.2, -0.15) is 8.42 Å². The molecule has 0 N–H and O–H groups in total. The largest absolute Gasteiger partial charge is 0.493 e. The summed E-state index contributed by atoms with van der Waals surface area (Å²) in [6, 6.07) is 12.2. The zero-order valence-electron chi connectivity index (χ0n) is 16.7. The number of rotatable bonds is 8. The van der Waals surface area contributed by atoms with Crippen molar-refractivity contribution in [1.82, 2.24) is 4.90 Å². The van der Waals surface area contributed by atoms with Gasteiger partial charge in [0.15, 0.2) is 11.5 Å². The molecular weight excluding hydrogens is 465 g/mol. The third-order valence-corrected chi connectivity index (χ3v) is 6.32. The van der Waals surface area contributed by atoms with Crippen LogP contribution in [0.1, 0.15) is 18.2 Å². The lowest BCUT2D eigenvalue weighted by Gasteiger charge is -2.21. The molecule has 0 saturated heterocycles. The third kappa shape index (κ3) is 5.72. The average molecular weight is 484 g/mol. The summed E-state index contributed by atoms with van der Waals surface area (Å²) in [5, 5.41) is 0.308. The van der Waals surface area contributed by atoms with Crippen molar-refractivity contribution in [3.63, 3.8) is 0 Å². The molecule has 0 atom stereocenters. The van der Waals surface area contributed by atoms with Crippen molar-refractivity contribution in [2.45, 2.75) is 24.9 Å². The minimum absolute atomic E-state index is 0.0208. The highest BCUT2D eigenvalue weighted by Crippen LogP contribution is 2.33. The molecule has 0 aliphatic heterocycles. The van der Waals surface area contributed by atoms with Crippen LogP contribution < -0.4 is 8.92 Å². The average Bonchev–Trinajstić information content (AvgIpc) is 3.22. The highest BCUT2D eigenvalue weighted by molar-refractivity contribution is 7.87. The molecule has 0 spiro atoms. The number of methoxy groups -OCH3 is 1. The Morgan fingerprint density at radius 3 is 2.42 bits per heavy atom. The minimum atomic E-state index is -4.21. The monoisotopic (exact) mass is 483 g/mol. The number of hydrogen-bond donors (Lipinski definition) is 0. The first-order valence-electron chi connectivity index (χ1n) is 9.04. The second-order valence-electron chi connectivity index (χ2n) is 6.55. The molecule has 31 heavy (non-hydrogen) atoms. The van der Waals surface area contributed by atoms with Crippen molar-refractivity contribution >= 4 is 39.2 Å². The van der Waals surface area contributed by atoms with Gasteiger partial charge in [-0.1, -0.05) is 29.3 Å². The molecule has 0 bridgehead atoms. The fraction of sp³-hybridized carbons (Fsp3) is 0.190. The predicted octanol–water partition coefficient (Wildman–Crippen LogP) is 4.91. The summed E-state index contributed by atoms with van der Waals surface area (Å²) in [5.74, 6) is 0.654. The molecule has 0 saturated carbocycles. The third-order valence-electron chi connectivity index (χ3n) is 4.35. The van der Waals surface area contributed by atoms with Crippen LogP contribution in [-0.2, 0) is 28.0 Å². The van der Waals surface area contributed by atoms with E-state index in [-0.39, 0.29) is 45.4 Å². The van der Waals surface area contributed by atoms with E-state index in [1.165, 1.54) is 44.6 Å². The Hall–Kier alpha value is -2.68. The second-order valence-corrected chi connectivity index (χ2v) is 8.91. The molecular formula is C21H19Cl2NO6S. The Morgan fingerprint density at radius 2 is 1.81 bits per heavy atom. The number of nitrogens with zero attached hydrogens (tertiary/aromatic N) is 1. The van der Waals surface area contributed by atoms with Gasteiger partial charge in [-0.3, -0.25) is 4.79 Å². The van der Waals surface area contributed by atoms with Crippen molar-refractivity contribution in [2.24, 2.45) is 0 Å². The Kier molecular flexibility index (Phi) is 7.15. The zero-order valence-corrected chi connectivity index (χ0v) is 19.0. The molecule has 1 aromatic heterocycles. The van der Waals surface area contributed by atoms with E-state index in [9.17, 15) is 13.2 Å². The van der Waals surface area contributed by atoms with E-state index in [2.05, 4.69) is 0 Å². The maximum absolute atomic E-state index is 12.7. The smallest absolute Gasteiger partial charge is 0.339 e. The van der Waals surface area contributed by atoms with Gasteiger partial charge in [-0.15, -0.1) is 0 Å². The van der Waals surface area contributed by atoms with Crippen LogP contribution in [0.4, 0.5) is 0 Å². The number of halogens is 2. The van der Waals surface area contributed by atoms with Crippen LogP contribution in [0.15, 0.2) is 64.1 Å². The topological polar surface area (TPSA) is 86.0 Å². The first-order chi connectivity index (χ1) is 14.7. The van der Waals surface area contributed by atoms with E-state index in [4.69, 9.17) is 36.5 Å². The molecule has 7 nitrogen and oxygen atoms in total. The van der Waals surface area contributed by atoms with Crippen molar-refractivity contribution in [1.29, 1.82) is 0 Å². The van der Waals surface area contributed by atoms with Crippen LogP contribution in [0.2, 0.25) is 10.0 Å². The molecule has 1 heterocycles. The molecule has 2 aromatic carbocycles. The van der Waals surface area contributed by atoms with E-state index in [1.807, 2.05) is 0 Å². The molecule has 0 unspecified atom stereocenters. The van der Waals surface area contributed by atoms with Crippen LogP contribution in [0.3, 0.4) is 0 Å². The lowest BCUT2D eigenvalue weighted by atomic mass is 10.2. The van der Waals surface area contributed by atoms with Gasteiger partial charge in [-0.25, -0.2) is 0 Å². The van der Waals surface area contributed by atoms with Crippen molar-refractivity contribution in [2.75, 3.05) is 7.11 Å². The molecule has 3 aromatic rings. The van der Waals surface area contributed by atoms with E-state index >= 15 is 0 Å². The number of ether oxygens (including phenoxy) is 1. The molecule has 0 radical (unpaired) electrons. The highest BCUT2D eigenvalue weighted by Gasteiger charge is 2.21. The van der Waals surface area contributed by atoms with E-state index in [0.717, 1.165) is 0 Å². The summed E-state index contributed by atoms with van der Waals surface area (Å²) in [6.45, 7) is 1.92. The molecule has 1 amide bonds. The first kappa shape index (κ1) is 23.0. The fourth-order valence-electron chi connectivity index (χ4n) is 2.77. The van der Waals surface area contributed by atoms with E-state index in [1.54, 1.807) is 29.2 Å². The van der Waals surface area contributed by atoms with Crippen molar-refractivity contribution in [3.8, 4) is 11.5 Å². The van der Waals surface area contributed by atoms with Gasteiger partial charge in [0.05, 0.1) is 30.0 Å². The zero-order chi connectivity index (χ0) is 22.6. The quantitative estimate of drug-likeness (QED) is 0.423. The molecule has 10 heteroatoms. The molecule has 0 aliphatic carbocycles. The van der Waals surface area contributed by atoms with Crippen LogP contribution in [0.25, 0.3) is 0 Å². The van der Waals surface area contributed by atoms with Gasteiger partial charge in [0.25, 0.3) is 0 Å².